The van der Waals surface area contributed by atoms with Gasteiger partial charge in [-0.25, -0.2) is 9.52 Å². The van der Waals surface area contributed by atoms with Crippen LogP contribution in [0.25, 0.3) is 0 Å². The predicted octanol–water partition coefficient (Wildman–Crippen LogP) is 1.13. The molecule has 0 heterocycles. The van der Waals surface area contributed by atoms with E-state index in [9.17, 15) is 13.2 Å². The number of carbonyl (C=O) groups excluding carboxylic acids is 1. The first-order valence-corrected chi connectivity index (χ1v) is 7.43. The van der Waals surface area contributed by atoms with E-state index >= 15 is 0 Å². The Bertz CT molecular complexity index is 327. The fraction of sp³-hybridized carbons (Fsp3) is 0.875. The molecule has 16 heavy (non-hydrogen) atoms. The Kier molecular flexibility index (Phi) is 6.27. The SMILES string of the molecule is CCOC(=O)NS(=O)(=O)NC(C)(CC)CBr. The molecule has 1 unspecified atom stereocenters. The molecule has 1 amide bonds. The maximum absolute atomic E-state index is 11.5. The van der Waals surface area contributed by atoms with Crippen LogP contribution in [0.5, 0.6) is 0 Å². The van der Waals surface area contributed by atoms with Crippen molar-refractivity contribution in [2.45, 2.75) is 32.7 Å². The lowest BCUT2D eigenvalue weighted by atomic mass is 10.0. The van der Waals surface area contributed by atoms with Crippen molar-refractivity contribution in [2.24, 2.45) is 0 Å². The van der Waals surface area contributed by atoms with Gasteiger partial charge in [0.15, 0.2) is 0 Å². The van der Waals surface area contributed by atoms with Gasteiger partial charge >= 0.3 is 16.3 Å². The summed E-state index contributed by atoms with van der Waals surface area (Å²) in [5.41, 5.74) is -0.641. The maximum atomic E-state index is 11.5. The summed E-state index contributed by atoms with van der Waals surface area (Å²) < 4.78 is 31.6. The van der Waals surface area contributed by atoms with Crippen LogP contribution < -0.4 is 9.44 Å². The summed E-state index contributed by atoms with van der Waals surface area (Å²) in [6.07, 6.45) is -0.398. The lowest BCUT2D eigenvalue weighted by molar-refractivity contribution is 0.158. The Balaban J connectivity index is 4.52. The van der Waals surface area contributed by atoms with Crippen LogP contribution >= 0.6 is 15.9 Å². The molecule has 2 N–H and O–H groups in total. The Labute approximate surface area is 104 Å². The first-order valence-electron chi connectivity index (χ1n) is 4.83. The normalized spacial score (nSPS) is 15.2. The highest BCUT2D eigenvalue weighted by atomic mass is 79.9. The Morgan fingerprint density at radius 3 is 2.38 bits per heavy atom. The zero-order valence-electron chi connectivity index (χ0n) is 9.54. The number of amides is 1. The number of carbonyl (C=O) groups is 1. The molecule has 0 aromatic heterocycles. The average molecular weight is 317 g/mol. The quantitative estimate of drug-likeness (QED) is 0.719. The molecule has 0 rings (SSSR count). The summed E-state index contributed by atoms with van der Waals surface area (Å²) >= 11 is 3.21. The van der Waals surface area contributed by atoms with Crippen molar-refractivity contribution >= 4 is 32.2 Å². The molecule has 0 spiro atoms. The third kappa shape index (κ3) is 5.66. The summed E-state index contributed by atoms with van der Waals surface area (Å²) in [5.74, 6) is 0. The standard InChI is InChI=1S/C8H17BrN2O4S/c1-4-8(3,6-9)11-16(13,14)10-7(12)15-5-2/h11H,4-6H2,1-3H3,(H,10,12). The second-order valence-electron chi connectivity index (χ2n) is 3.48. The third-order valence-corrected chi connectivity index (χ3v) is 4.38. The minimum absolute atomic E-state index is 0.116. The molecule has 1 atom stereocenters. The van der Waals surface area contributed by atoms with Crippen molar-refractivity contribution in [3.8, 4) is 0 Å². The van der Waals surface area contributed by atoms with Gasteiger partial charge in [0, 0.05) is 10.9 Å². The first-order chi connectivity index (χ1) is 7.28. The topological polar surface area (TPSA) is 84.5 Å². The molecule has 0 fully saturated rings. The van der Waals surface area contributed by atoms with E-state index in [0.717, 1.165) is 0 Å². The van der Waals surface area contributed by atoms with E-state index in [1.165, 1.54) is 0 Å². The van der Waals surface area contributed by atoms with E-state index in [0.29, 0.717) is 11.8 Å². The smallest absolute Gasteiger partial charge is 0.421 e. The number of rotatable bonds is 6. The lowest BCUT2D eigenvalue weighted by Crippen LogP contribution is -2.52. The summed E-state index contributed by atoms with van der Waals surface area (Å²) in [4.78, 5) is 11.0. The molecule has 0 saturated carbocycles. The van der Waals surface area contributed by atoms with Gasteiger partial charge in [0.1, 0.15) is 0 Å². The highest BCUT2D eigenvalue weighted by molar-refractivity contribution is 9.09. The van der Waals surface area contributed by atoms with E-state index in [1.54, 1.807) is 18.6 Å². The number of ether oxygens (including phenoxy) is 1. The zero-order chi connectivity index (χ0) is 12.8. The highest BCUT2D eigenvalue weighted by Gasteiger charge is 2.28. The summed E-state index contributed by atoms with van der Waals surface area (Å²) in [6, 6.07) is 0. The van der Waals surface area contributed by atoms with Crippen LogP contribution in [0.2, 0.25) is 0 Å². The minimum atomic E-state index is -3.89. The zero-order valence-corrected chi connectivity index (χ0v) is 11.9. The largest absolute Gasteiger partial charge is 0.449 e. The van der Waals surface area contributed by atoms with Crippen molar-refractivity contribution in [3.63, 3.8) is 0 Å². The molecular weight excluding hydrogens is 300 g/mol. The van der Waals surface area contributed by atoms with Gasteiger partial charge in [0.05, 0.1) is 6.61 Å². The molecule has 0 bridgehead atoms. The van der Waals surface area contributed by atoms with Crippen LogP contribution in [-0.2, 0) is 14.9 Å². The van der Waals surface area contributed by atoms with Crippen LogP contribution in [0.3, 0.4) is 0 Å². The average Bonchev–Trinajstić information content (AvgIpc) is 2.16. The Morgan fingerprint density at radius 1 is 1.44 bits per heavy atom. The minimum Gasteiger partial charge on any atom is -0.449 e. The van der Waals surface area contributed by atoms with E-state index in [2.05, 4.69) is 25.4 Å². The van der Waals surface area contributed by atoms with E-state index in [-0.39, 0.29) is 6.61 Å². The van der Waals surface area contributed by atoms with Gasteiger partial charge in [-0.1, -0.05) is 22.9 Å². The monoisotopic (exact) mass is 316 g/mol. The summed E-state index contributed by atoms with van der Waals surface area (Å²) in [7, 11) is -3.89. The van der Waals surface area contributed by atoms with Crippen LogP contribution in [0.4, 0.5) is 4.79 Å². The van der Waals surface area contributed by atoms with Crippen LogP contribution in [0.15, 0.2) is 0 Å². The van der Waals surface area contributed by atoms with Gasteiger partial charge in [-0.3, -0.25) is 0 Å². The summed E-state index contributed by atoms with van der Waals surface area (Å²) in [5, 5.41) is 0.445. The Morgan fingerprint density at radius 2 is 2.00 bits per heavy atom. The highest BCUT2D eigenvalue weighted by Crippen LogP contribution is 2.13. The number of halogens is 1. The van der Waals surface area contributed by atoms with Gasteiger partial charge in [0.2, 0.25) is 0 Å². The molecule has 0 aromatic carbocycles. The van der Waals surface area contributed by atoms with E-state index < -0.39 is 21.8 Å². The van der Waals surface area contributed by atoms with Gasteiger partial charge in [0.25, 0.3) is 0 Å². The van der Waals surface area contributed by atoms with Crippen molar-refractivity contribution in [3.05, 3.63) is 0 Å². The fourth-order valence-electron chi connectivity index (χ4n) is 0.814. The van der Waals surface area contributed by atoms with Gasteiger partial charge < -0.3 is 4.74 Å². The third-order valence-electron chi connectivity index (χ3n) is 1.95. The van der Waals surface area contributed by atoms with Crippen LogP contribution in [0, 0.1) is 0 Å². The first kappa shape index (κ1) is 15.7. The van der Waals surface area contributed by atoms with Crippen molar-refractivity contribution < 1.29 is 17.9 Å². The van der Waals surface area contributed by atoms with Crippen LogP contribution in [0.1, 0.15) is 27.2 Å². The second-order valence-corrected chi connectivity index (χ2v) is 5.45. The molecule has 96 valence electrons. The van der Waals surface area contributed by atoms with Crippen molar-refractivity contribution in [1.29, 1.82) is 0 Å². The second kappa shape index (κ2) is 6.41. The predicted molar refractivity (Wildman–Crippen MR) is 64.7 cm³/mol. The molecule has 0 radical (unpaired) electrons. The molecule has 8 heteroatoms. The van der Waals surface area contributed by atoms with E-state index in [4.69, 9.17) is 0 Å². The number of nitrogens with one attached hydrogen (secondary N) is 2. The molecule has 0 aliphatic heterocycles. The molecular formula is C8H17BrN2O4S. The summed E-state index contributed by atoms with van der Waals surface area (Å²) in [6.45, 7) is 5.28. The molecule has 0 aromatic rings. The fourth-order valence-corrected chi connectivity index (χ4v) is 2.73. The molecule has 0 aliphatic rings. The number of alkyl halides is 1. The number of hydrogen-bond donors (Lipinski definition) is 2. The number of hydrogen-bond acceptors (Lipinski definition) is 4. The molecule has 6 nitrogen and oxygen atoms in total. The Hall–Kier alpha value is -0.340. The maximum Gasteiger partial charge on any atom is 0.421 e. The molecule has 0 aliphatic carbocycles. The van der Waals surface area contributed by atoms with Crippen molar-refractivity contribution in [1.82, 2.24) is 9.44 Å². The van der Waals surface area contributed by atoms with Gasteiger partial charge in [-0.2, -0.15) is 13.1 Å². The van der Waals surface area contributed by atoms with Gasteiger partial charge in [-0.15, -0.1) is 0 Å². The lowest BCUT2D eigenvalue weighted by Gasteiger charge is -2.26. The van der Waals surface area contributed by atoms with Crippen molar-refractivity contribution in [2.75, 3.05) is 11.9 Å². The molecule has 0 saturated heterocycles. The van der Waals surface area contributed by atoms with Crippen LogP contribution in [-0.4, -0.2) is 32.0 Å². The van der Waals surface area contributed by atoms with E-state index in [1.807, 2.05) is 6.92 Å². The van der Waals surface area contributed by atoms with Gasteiger partial charge in [-0.05, 0) is 20.3 Å².